The molecule has 6 nitrogen and oxygen atoms in total. The summed E-state index contributed by atoms with van der Waals surface area (Å²) in [5.74, 6) is -0.174. The summed E-state index contributed by atoms with van der Waals surface area (Å²) in [6.45, 7) is 0. The minimum absolute atomic E-state index is 0.0708. The van der Waals surface area contributed by atoms with Crippen LogP contribution in [0, 0.1) is 11.3 Å². The van der Waals surface area contributed by atoms with Gasteiger partial charge in [-0.25, -0.2) is 0 Å². The number of carbonyl (C=O) groups excluding carboxylic acids is 1. The molecule has 30 heavy (non-hydrogen) atoms. The molecule has 0 atom stereocenters. The standard InChI is InChI=1S/C21H15F3N4O2/c1-30-18-7-5-13(6-8-18)19-15(12-26-28-19)9-14(11-25)20(29)27-17-4-2-3-16(10-17)21(22,23)24/h2-10,12H,1H3,(H,26,28)(H,27,29). The van der Waals surface area contributed by atoms with Gasteiger partial charge in [0.2, 0.25) is 0 Å². The zero-order chi connectivity index (χ0) is 21.7. The fourth-order valence-electron chi connectivity index (χ4n) is 2.67. The van der Waals surface area contributed by atoms with Crippen molar-refractivity contribution in [1.29, 1.82) is 5.26 Å². The van der Waals surface area contributed by atoms with Crippen molar-refractivity contribution in [2.45, 2.75) is 6.18 Å². The highest BCUT2D eigenvalue weighted by Crippen LogP contribution is 2.31. The highest BCUT2D eigenvalue weighted by molar-refractivity contribution is 6.10. The first kappa shape index (κ1) is 20.7. The van der Waals surface area contributed by atoms with Gasteiger partial charge < -0.3 is 10.1 Å². The van der Waals surface area contributed by atoms with E-state index in [-0.39, 0.29) is 11.3 Å². The Morgan fingerprint density at radius 3 is 2.60 bits per heavy atom. The zero-order valence-corrected chi connectivity index (χ0v) is 15.6. The number of alkyl halides is 3. The predicted octanol–water partition coefficient (Wildman–Crippen LogP) is 4.65. The number of nitrogens with zero attached hydrogens (tertiary/aromatic N) is 2. The molecule has 3 rings (SSSR count). The number of rotatable bonds is 5. The van der Waals surface area contributed by atoms with Crippen LogP contribution in [0.4, 0.5) is 18.9 Å². The molecule has 9 heteroatoms. The molecule has 1 heterocycles. The van der Waals surface area contributed by atoms with E-state index in [1.165, 1.54) is 24.4 Å². The molecule has 0 fully saturated rings. The molecule has 3 aromatic rings. The number of ether oxygens (including phenoxy) is 1. The highest BCUT2D eigenvalue weighted by atomic mass is 19.4. The van der Waals surface area contributed by atoms with Crippen LogP contribution in [-0.4, -0.2) is 23.2 Å². The third kappa shape index (κ3) is 4.67. The molecule has 0 spiro atoms. The molecule has 1 amide bonds. The van der Waals surface area contributed by atoms with Crippen molar-refractivity contribution in [3.63, 3.8) is 0 Å². The first-order valence-corrected chi connectivity index (χ1v) is 8.60. The van der Waals surface area contributed by atoms with Gasteiger partial charge in [-0.05, 0) is 48.5 Å². The summed E-state index contributed by atoms with van der Waals surface area (Å²) in [5.41, 5.74) is 0.518. The van der Waals surface area contributed by atoms with Gasteiger partial charge >= 0.3 is 6.18 Å². The molecule has 0 bridgehead atoms. The minimum Gasteiger partial charge on any atom is -0.497 e. The number of amides is 1. The number of carbonyl (C=O) groups is 1. The summed E-state index contributed by atoms with van der Waals surface area (Å²) in [6, 6.07) is 13.0. The normalized spacial score (nSPS) is 11.6. The van der Waals surface area contributed by atoms with E-state index >= 15 is 0 Å². The third-order valence-electron chi connectivity index (χ3n) is 4.16. The summed E-state index contributed by atoms with van der Waals surface area (Å²) < 4.78 is 43.6. The Morgan fingerprint density at radius 2 is 1.97 bits per heavy atom. The van der Waals surface area contributed by atoms with Crippen LogP contribution < -0.4 is 10.1 Å². The predicted molar refractivity (Wildman–Crippen MR) is 104 cm³/mol. The first-order chi connectivity index (χ1) is 14.3. The fraction of sp³-hybridized carbons (Fsp3) is 0.0952. The van der Waals surface area contributed by atoms with Crippen molar-refractivity contribution in [1.82, 2.24) is 10.2 Å². The highest BCUT2D eigenvalue weighted by Gasteiger charge is 2.30. The monoisotopic (exact) mass is 412 g/mol. The molecule has 0 saturated carbocycles. The number of nitrogens with one attached hydrogen (secondary N) is 2. The average Bonchev–Trinajstić information content (AvgIpc) is 3.19. The van der Waals surface area contributed by atoms with Crippen LogP contribution in [0.25, 0.3) is 17.3 Å². The second-order valence-corrected chi connectivity index (χ2v) is 6.13. The van der Waals surface area contributed by atoms with Crippen molar-refractivity contribution >= 4 is 17.7 Å². The van der Waals surface area contributed by atoms with Crippen LogP contribution in [0.5, 0.6) is 5.75 Å². The van der Waals surface area contributed by atoms with E-state index in [0.29, 0.717) is 17.0 Å². The van der Waals surface area contributed by atoms with Crippen molar-refractivity contribution < 1.29 is 22.7 Å². The van der Waals surface area contributed by atoms with Gasteiger partial charge in [-0.1, -0.05) is 6.07 Å². The van der Waals surface area contributed by atoms with E-state index in [1.807, 2.05) is 0 Å². The van der Waals surface area contributed by atoms with Crippen molar-refractivity contribution in [2.75, 3.05) is 12.4 Å². The average molecular weight is 412 g/mol. The van der Waals surface area contributed by atoms with Gasteiger partial charge in [0.05, 0.1) is 24.6 Å². The van der Waals surface area contributed by atoms with Crippen molar-refractivity contribution in [2.24, 2.45) is 0 Å². The Labute approximate surface area is 169 Å². The largest absolute Gasteiger partial charge is 0.497 e. The van der Waals surface area contributed by atoms with Gasteiger partial charge in [-0.3, -0.25) is 9.89 Å². The van der Waals surface area contributed by atoms with Crippen LogP contribution in [0.3, 0.4) is 0 Å². The number of methoxy groups -OCH3 is 1. The van der Waals surface area contributed by atoms with Crippen LogP contribution >= 0.6 is 0 Å². The summed E-state index contributed by atoms with van der Waals surface area (Å²) >= 11 is 0. The Morgan fingerprint density at radius 1 is 1.23 bits per heavy atom. The number of aromatic amines is 1. The smallest absolute Gasteiger partial charge is 0.416 e. The lowest BCUT2D eigenvalue weighted by Crippen LogP contribution is -2.14. The molecule has 152 valence electrons. The SMILES string of the molecule is COc1ccc(-c2[nH]ncc2C=C(C#N)C(=O)Nc2cccc(C(F)(F)F)c2)cc1. The minimum atomic E-state index is -4.54. The van der Waals surface area contributed by atoms with Crippen LogP contribution in [0.15, 0.2) is 60.3 Å². The maximum atomic E-state index is 12.8. The Hall–Kier alpha value is -4.06. The van der Waals surface area contributed by atoms with E-state index in [0.717, 1.165) is 17.7 Å². The number of hydrogen-bond donors (Lipinski definition) is 2. The third-order valence-corrected chi connectivity index (χ3v) is 4.16. The lowest BCUT2D eigenvalue weighted by molar-refractivity contribution is -0.137. The number of benzene rings is 2. The topological polar surface area (TPSA) is 90.8 Å². The number of hydrogen-bond acceptors (Lipinski definition) is 4. The number of halogens is 3. The second-order valence-electron chi connectivity index (χ2n) is 6.13. The van der Waals surface area contributed by atoms with Gasteiger partial charge in [0, 0.05) is 16.8 Å². The van der Waals surface area contributed by atoms with Gasteiger partial charge in [-0.2, -0.15) is 23.5 Å². The lowest BCUT2D eigenvalue weighted by atomic mass is 10.1. The molecule has 0 aliphatic carbocycles. The maximum absolute atomic E-state index is 12.8. The molecule has 0 radical (unpaired) electrons. The van der Waals surface area contributed by atoms with E-state index in [9.17, 15) is 23.2 Å². The van der Waals surface area contributed by atoms with Gasteiger partial charge in [0.15, 0.2) is 0 Å². The van der Waals surface area contributed by atoms with Gasteiger partial charge in [0.1, 0.15) is 17.4 Å². The molecule has 2 aromatic carbocycles. The Balaban J connectivity index is 1.85. The summed E-state index contributed by atoms with van der Waals surface area (Å²) in [6.07, 6.45) is -1.79. The molecule has 2 N–H and O–H groups in total. The zero-order valence-electron chi connectivity index (χ0n) is 15.6. The summed E-state index contributed by atoms with van der Waals surface area (Å²) in [7, 11) is 1.54. The van der Waals surface area contributed by atoms with E-state index in [1.54, 1.807) is 37.4 Å². The Bertz CT molecular complexity index is 1130. The first-order valence-electron chi connectivity index (χ1n) is 8.60. The summed E-state index contributed by atoms with van der Waals surface area (Å²) in [4.78, 5) is 12.4. The summed E-state index contributed by atoms with van der Waals surface area (Å²) in [5, 5.41) is 18.4. The van der Waals surface area contributed by atoms with E-state index < -0.39 is 17.6 Å². The molecule has 1 aromatic heterocycles. The van der Waals surface area contributed by atoms with Crippen molar-refractivity contribution in [3.05, 3.63) is 71.4 Å². The van der Waals surface area contributed by atoms with Crippen LogP contribution in [-0.2, 0) is 11.0 Å². The lowest BCUT2D eigenvalue weighted by Gasteiger charge is -2.09. The van der Waals surface area contributed by atoms with Crippen molar-refractivity contribution in [3.8, 4) is 23.1 Å². The van der Waals surface area contributed by atoms with Crippen LogP contribution in [0.1, 0.15) is 11.1 Å². The van der Waals surface area contributed by atoms with E-state index in [2.05, 4.69) is 15.5 Å². The molecule has 0 aliphatic rings. The van der Waals surface area contributed by atoms with Gasteiger partial charge in [0.25, 0.3) is 5.91 Å². The molecular weight excluding hydrogens is 397 g/mol. The molecule has 0 saturated heterocycles. The maximum Gasteiger partial charge on any atom is 0.416 e. The quantitative estimate of drug-likeness (QED) is 0.471. The number of anilines is 1. The Kier molecular flexibility index (Phi) is 5.88. The molecular formula is C21H15F3N4O2. The number of aromatic nitrogens is 2. The van der Waals surface area contributed by atoms with E-state index in [4.69, 9.17) is 4.74 Å². The second kappa shape index (κ2) is 8.53. The number of nitriles is 1. The molecule has 0 aliphatic heterocycles. The number of H-pyrrole nitrogens is 1. The fourth-order valence-corrected chi connectivity index (χ4v) is 2.67. The van der Waals surface area contributed by atoms with Gasteiger partial charge in [-0.15, -0.1) is 0 Å². The molecule has 0 unspecified atom stereocenters. The van der Waals surface area contributed by atoms with Crippen LogP contribution in [0.2, 0.25) is 0 Å².